The third kappa shape index (κ3) is 4.67. The van der Waals surface area contributed by atoms with Crippen molar-refractivity contribution in [3.8, 4) is 22.8 Å². The van der Waals surface area contributed by atoms with Crippen LogP contribution in [0.2, 0.25) is 10.0 Å². The van der Waals surface area contributed by atoms with E-state index in [9.17, 15) is 13.2 Å². The van der Waals surface area contributed by atoms with Crippen molar-refractivity contribution in [1.29, 1.82) is 0 Å². The van der Waals surface area contributed by atoms with E-state index in [-0.39, 0.29) is 5.82 Å². The quantitative estimate of drug-likeness (QED) is 0.283. The Bertz CT molecular complexity index is 1520. The molecule has 0 bridgehead atoms. The van der Waals surface area contributed by atoms with Crippen molar-refractivity contribution in [2.45, 2.75) is 12.7 Å². The molecule has 5 aromatic rings. The van der Waals surface area contributed by atoms with Gasteiger partial charge in [0.2, 0.25) is 0 Å². The van der Waals surface area contributed by atoms with Gasteiger partial charge >= 0.3 is 6.18 Å². The number of imidazole rings is 2. The van der Waals surface area contributed by atoms with Crippen LogP contribution in [0.4, 0.5) is 19.0 Å². The molecule has 0 atom stereocenters. The highest BCUT2D eigenvalue weighted by Crippen LogP contribution is 2.32. The fourth-order valence-electron chi connectivity index (χ4n) is 3.58. The predicted molar refractivity (Wildman–Crippen MR) is 128 cm³/mol. The van der Waals surface area contributed by atoms with Gasteiger partial charge in [0.05, 0.1) is 11.3 Å². The third-order valence-corrected chi connectivity index (χ3v) is 5.84. The van der Waals surface area contributed by atoms with E-state index in [4.69, 9.17) is 23.2 Å². The highest BCUT2D eigenvalue weighted by molar-refractivity contribution is 6.36. The van der Waals surface area contributed by atoms with Gasteiger partial charge in [-0.2, -0.15) is 13.2 Å². The van der Waals surface area contributed by atoms with E-state index in [1.165, 1.54) is 17.9 Å². The number of fused-ring (bicyclic) bond motifs is 1. The number of aromatic nitrogens is 6. The van der Waals surface area contributed by atoms with Crippen molar-refractivity contribution in [2.75, 3.05) is 5.32 Å². The molecule has 0 saturated carbocycles. The van der Waals surface area contributed by atoms with Gasteiger partial charge in [-0.25, -0.2) is 19.9 Å². The van der Waals surface area contributed by atoms with Crippen LogP contribution in [0, 0.1) is 0 Å². The first-order chi connectivity index (χ1) is 16.7. The monoisotopic (exact) mass is 517 g/mol. The molecule has 0 aliphatic heterocycles. The lowest BCUT2D eigenvalue weighted by Gasteiger charge is -2.10. The molecule has 0 aliphatic carbocycles. The van der Waals surface area contributed by atoms with Gasteiger partial charge in [0.25, 0.3) is 0 Å². The van der Waals surface area contributed by atoms with Gasteiger partial charge in [-0.05, 0) is 23.8 Å². The van der Waals surface area contributed by atoms with Crippen molar-refractivity contribution in [3.63, 3.8) is 0 Å². The topological polar surface area (TPSA) is 84.3 Å². The summed E-state index contributed by atoms with van der Waals surface area (Å²) in [6.07, 6.45) is -2.00. The Labute approximate surface area is 207 Å². The second-order valence-electron chi connectivity index (χ2n) is 7.73. The number of alkyl halides is 3. The second kappa shape index (κ2) is 8.86. The van der Waals surface area contributed by atoms with Crippen molar-refractivity contribution in [2.24, 2.45) is 7.05 Å². The Balaban J connectivity index is 1.39. The SMILES string of the molecule is Cn1cc(C(F)(F)F)nc1-c1ccc(CNc2nc(-c3ccc(Cl)cc3Cl)nc3nc[nH]c23)cc1. The van der Waals surface area contributed by atoms with Crippen molar-refractivity contribution >= 4 is 40.2 Å². The van der Waals surface area contributed by atoms with Gasteiger partial charge in [0.1, 0.15) is 11.3 Å². The number of H-pyrrole nitrogens is 1. The molecule has 0 unspecified atom stereocenters. The Hall–Kier alpha value is -3.63. The molecule has 3 aromatic heterocycles. The number of benzene rings is 2. The highest BCUT2D eigenvalue weighted by Gasteiger charge is 2.34. The van der Waals surface area contributed by atoms with Crippen LogP contribution >= 0.6 is 23.2 Å². The van der Waals surface area contributed by atoms with Crippen molar-refractivity contribution in [3.05, 3.63) is 76.3 Å². The maximum atomic E-state index is 13.0. The molecule has 178 valence electrons. The summed E-state index contributed by atoms with van der Waals surface area (Å²) in [5.74, 6) is 1.15. The van der Waals surface area contributed by atoms with E-state index >= 15 is 0 Å². The molecular formula is C23H16Cl2F3N7. The Kier molecular flexibility index (Phi) is 5.86. The number of rotatable bonds is 5. The van der Waals surface area contributed by atoms with Gasteiger partial charge in [0, 0.05) is 35.9 Å². The fraction of sp³-hybridized carbons (Fsp3) is 0.130. The number of anilines is 1. The zero-order valence-corrected chi connectivity index (χ0v) is 19.5. The number of aryl methyl sites for hydroxylation is 1. The predicted octanol–water partition coefficient (Wildman–Crippen LogP) is 6.36. The summed E-state index contributed by atoms with van der Waals surface area (Å²) in [4.78, 5) is 20.1. The Morgan fingerprint density at radius 3 is 2.49 bits per heavy atom. The van der Waals surface area contributed by atoms with E-state index in [0.29, 0.717) is 50.5 Å². The molecule has 0 aliphatic rings. The molecule has 2 aromatic carbocycles. The molecule has 7 nitrogen and oxygen atoms in total. The molecule has 35 heavy (non-hydrogen) atoms. The average molecular weight is 518 g/mol. The molecule has 0 saturated heterocycles. The zero-order chi connectivity index (χ0) is 24.7. The molecule has 0 amide bonds. The van der Waals surface area contributed by atoms with Gasteiger partial charge in [-0.1, -0.05) is 47.5 Å². The lowest BCUT2D eigenvalue weighted by molar-refractivity contribution is -0.140. The maximum Gasteiger partial charge on any atom is 0.434 e. The van der Waals surface area contributed by atoms with E-state index < -0.39 is 11.9 Å². The summed E-state index contributed by atoms with van der Waals surface area (Å²) < 4.78 is 40.3. The van der Waals surface area contributed by atoms with Crippen LogP contribution in [0.3, 0.4) is 0 Å². The molecule has 0 spiro atoms. The van der Waals surface area contributed by atoms with Crippen LogP contribution < -0.4 is 5.32 Å². The van der Waals surface area contributed by atoms with Gasteiger partial charge in [0.15, 0.2) is 23.0 Å². The summed E-state index contributed by atoms with van der Waals surface area (Å²) in [6.45, 7) is 0.396. The zero-order valence-electron chi connectivity index (χ0n) is 18.0. The van der Waals surface area contributed by atoms with E-state index in [0.717, 1.165) is 11.8 Å². The number of aromatic amines is 1. The van der Waals surface area contributed by atoms with Crippen LogP contribution in [0.15, 0.2) is 55.0 Å². The first-order valence-corrected chi connectivity index (χ1v) is 11.0. The third-order valence-electron chi connectivity index (χ3n) is 5.30. The second-order valence-corrected chi connectivity index (χ2v) is 8.57. The number of nitrogens with zero attached hydrogens (tertiary/aromatic N) is 5. The van der Waals surface area contributed by atoms with E-state index in [1.54, 1.807) is 30.3 Å². The molecule has 5 rings (SSSR count). The summed E-state index contributed by atoms with van der Waals surface area (Å²) >= 11 is 12.3. The Morgan fingerprint density at radius 1 is 1.03 bits per heavy atom. The molecule has 0 radical (unpaired) electrons. The van der Waals surface area contributed by atoms with Crippen LogP contribution in [-0.4, -0.2) is 29.5 Å². The smallest absolute Gasteiger partial charge is 0.364 e. The first-order valence-electron chi connectivity index (χ1n) is 10.3. The van der Waals surface area contributed by atoms with Crippen LogP contribution in [-0.2, 0) is 19.8 Å². The van der Waals surface area contributed by atoms with Crippen LogP contribution in [0.5, 0.6) is 0 Å². The molecule has 12 heteroatoms. The summed E-state index contributed by atoms with van der Waals surface area (Å²) in [5, 5.41) is 4.18. The minimum atomic E-state index is -4.50. The van der Waals surface area contributed by atoms with Crippen LogP contribution in [0.1, 0.15) is 11.3 Å². The average Bonchev–Trinajstić information content (AvgIpc) is 3.44. The molecule has 3 heterocycles. The summed E-state index contributed by atoms with van der Waals surface area (Å²) in [6, 6.07) is 12.1. The lowest BCUT2D eigenvalue weighted by Crippen LogP contribution is -2.05. The number of hydrogen-bond donors (Lipinski definition) is 2. The normalized spacial score (nSPS) is 11.8. The molecular weight excluding hydrogens is 502 g/mol. The largest absolute Gasteiger partial charge is 0.434 e. The Morgan fingerprint density at radius 2 is 1.80 bits per heavy atom. The summed E-state index contributed by atoms with van der Waals surface area (Å²) in [7, 11) is 1.53. The summed E-state index contributed by atoms with van der Waals surface area (Å²) in [5.41, 5.74) is 2.24. The minimum Gasteiger partial charge on any atom is -0.364 e. The first kappa shape index (κ1) is 23.1. The van der Waals surface area contributed by atoms with Crippen molar-refractivity contribution in [1.82, 2.24) is 29.5 Å². The maximum absolute atomic E-state index is 13.0. The molecule has 0 fully saturated rings. The van der Waals surface area contributed by atoms with Gasteiger partial charge in [-0.15, -0.1) is 0 Å². The van der Waals surface area contributed by atoms with E-state index in [1.807, 2.05) is 12.1 Å². The number of halogens is 5. The number of nitrogens with one attached hydrogen (secondary N) is 2. The number of hydrogen-bond acceptors (Lipinski definition) is 5. The van der Waals surface area contributed by atoms with E-state index in [2.05, 4.69) is 30.2 Å². The molecule has 2 N–H and O–H groups in total. The minimum absolute atomic E-state index is 0.233. The fourth-order valence-corrected chi connectivity index (χ4v) is 4.07. The van der Waals surface area contributed by atoms with Gasteiger partial charge in [-0.3, -0.25) is 0 Å². The van der Waals surface area contributed by atoms with Crippen molar-refractivity contribution < 1.29 is 13.2 Å². The lowest BCUT2D eigenvalue weighted by atomic mass is 10.1. The highest BCUT2D eigenvalue weighted by atomic mass is 35.5. The standard InChI is InChI=1S/C23H16Cl2F3N7/c1-35-10-17(23(26,27)28)32-22(35)13-4-2-12(3-5-13)9-29-20-18-21(31-11-30-18)34-19(33-20)15-7-6-14(24)8-16(15)25/h2-8,10-11H,9H2,1H3,(H2,29,30,31,33,34). The van der Waals surface area contributed by atoms with Crippen LogP contribution in [0.25, 0.3) is 33.9 Å². The van der Waals surface area contributed by atoms with Gasteiger partial charge < -0.3 is 14.9 Å².